The molecule has 0 bridgehead atoms. The maximum atomic E-state index is 9.11. The third kappa shape index (κ3) is 51.3. The second kappa shape index (κ2) is 31.7. The van der Waals surface area contributed by atoms with Crippen LogP contribution in [0.3, 0.4) is 0 Å². The zero-order valence-corrected chi connectivity index (χ0v) is 20.8. The summed E-state index contributed by atoms with van der Waals surface area (Å²) in [6.07, 6.45) is 22.3. The number of ether oxygens (including phenoxy) is 1. The molecule has 7 nitrogen and oxygen atoms in total. The van der Waals surface area contributed by atoms with Crippen LogP contribution in [0.4, 0.5) is 0 Å². The highest BCUT2D eigenvalue weighted by Crippen LogP contribution is 2.10. The zero-order valence-electron chi connectivity index (χ0n) is 20.8. The number of carboxylic acid groups (broad SMARTS) is 2. The summed E-state index contributed by atoms with van der Waals surface area (Å²) < 4.78 is 5.29. The van der Waals surface area contributed by atoms with E-state index in [0.29, 0.717) is 6.61 Å². The molecule has 0 aromatic rings. The highest BCUT2D eigenvalue weighted by molar-refractivity contribution is 5.63. The molecule has 0 spiro atoms. The quantitative estimate of drug-likeness (QED) is 0.146. The van der Waals surface area contributed by atoms with Crippen molar-refractivity contribution in [2.24, 2.45) is 0 Å². The summed E-state index contributed by atoms with van der Waals surface area (Å²) >= 11 is 0. The van der Waals surface area contributed by atoms with Gasteiger partial charge in [-0.2, -0.15) is 0 Å². The molecule has 0 aliphatic heterocycles. The number of aliphatic carboxylic acids is 2. The van der Waals surface area contributed by atoms with Gasteiger partial charge in [-0.1, -0.05) is 76.9 Å². The summed E-state index contributed by atoms with van der Waals surface area (Å²) in [6.45, 7) is 5.16. The first-order chi connectivity index (χ1) is 15.3. The van der Waals surface area contributed by atoms with Crippen LogP contribution in [0.15, 0.2) is 12.2 Å². The first-order valence-corrected chi connectivity index (χ1v) is 12.2. The van der Waals surface area contributed by atoms with Crippen molar-refractivity contribution < 1.29 is 34.8 Å². The number of unbranched alkanes of at least 4 members (excludes halogenated alkanes) is 12. The van der Waals surface area contributed by atoms with Gasteiger partial charge < -0.3 is 25.2 Å². The average molecular weight is 463 g/mol. The minimum absolute atomic E-state index is 0.215. The number of allylic oxidation sites excluding steroid dienone is 2. The van der Waals surface area contributed by atoms with Crippen LogP contribution in [0.25, 0.3) is 0 Å². The Balaban J connectivity index is -0.000000896. The standard InChI is InChI=1S/C21H42O3.2C2H4O2/c1-2-3-4-5-6-7-8-9-10-11-12-13-14-15-16-17-18-24-20-21(23)19-22;2*1-2(3)4/h9-10,21-23H,2-8,11-20H2,1H3;2*1H3,(H,3,4)/t21-;;/m1../s1. The van der Waals surface area contributed by atoms with E-state index in [4.69, 9.17) is 34.8 Å². The molecule has 0 amide bonds. The third-order valence-corrected chi connectivity index (χ3v) is 4.32. The molecule has 32 heavy (non-hydrogen) atoms. The first-order valence-electron chi connectivity index (χ1n) is 12.2. The number of rotatable bonds is 19. The molecule has 192 valence electrons. The van der Waals surface area contributed by atoms with Crippen molar-refractivity contribution >= 4 is 11.9 Å². The number of aliphatic hydroxyl groups is 2. The Bertz CT molecular complexity index is 391. The number of hydrogen-bond acceptors (Lipinski definition) is 5. The predicted molar refractivity (Wildman–Crippen MR) is 130 cm³/mol. The largest absolute Gasteiger partial charge is 0.481 e. The molecule has 1 atom stereocenters. The van der Waals surface area contributed by atoms with Crippen LogP contribution >= 0.6 is 0 Å². The summed E-state index contributed by atoms with van der Waals surface area (Å²) in [5, 5.41) is 32.6. The van der Waals surface area contributed by atoms with E-state index in [-0.39, 0.29) is 13.2 Å². The molecule has 0 saturated heterocycles. The molecular weight excluding hydrogens is 412 g/mol. The Kier molecular flexibility index (Phi) is 34.9. The second-order valence-corrected chi connectivity index (χ2v) is 7.89. The molecule has 0 saturated carbocycles. The number of carboxylic acids is 2. The van der Waals surface area contributed by atoms with Crippen LogP contribution in [0.1, 0.15) is 111 Å². The van der Waals surface area contributed by atoms with Crippen LogP contribution < -0.4 is 0 Å². The van der Waals surface area contributed by atoms with Crippen LogP contribution in [-0.4, -0.2) is 58.3 Å². The molecule has 0 fully saturated rings. The normalized spacial score (nSPS) is 11.3. The minimum atomic E-state index is -0.833. The fourth-order valence-electron chi connectivity index (χ4n) is 2.72. The van der Waals surface area contributed by atoms with Gasteiger partial charge in [0.15, 0.2) is 0 Å². The molecule has 4 N–H and O–H groups in total. The Morgan fingerprint density at radius 1 is 0.750 bits per heavy atom. The maximum absolute atomic E-state index is 9.11. The van der Waals surface area contributed by atoms with Gasteiger partial charge in [0.2, 0.25) is 0 Å². The Morgan fingerprint density at radius 2 is 1.12 bits per heavy atom. The highest BCUT2D eigenvalue weighted by Gasteiger charge is 2.00. The number of aliphatic hydroxyl groups excluding tert-OH is 2. The molecule has 0 rings (SSSR count). The van der Waals surface area contributed by atoms with Gasteiger partial charge in [0.1, 0.15) is 6.10 Å². The first kappa shape index (κ1) is 35.2. The fraction of sp³-hybridized carbons (Fsp3) is 0.840. The monoisotopic (exact) mass is 462 g/mol. The van der Waals surface area contributed by atoms with E-state index in [9.17, 15) is 0 Å². The molecule has 0 unspecified atom stereocenters. The number of hydrogen-bond donors (Lipinski definition) is 4. The lowest BCUT2D eigenvalue weighted by Crippen LogP contribution is -2.19. The summed E-state index contributed by atoms with van der Waals surface area (Å²) in [5.74, 6) is -1.67. The van der Waals surface area contributed by atoms with Crippen molar-refractivity contribution in [3.63, 3.8) is 0 Å². The zero-order chi connectivity index (χ0) is 24.9. The van der Waals surface area contributed by atoms with E-state index < -0.39 is 18.0 Å². The molecule has 7 heteroatoms. The SMILES string of the molecule is CC(=O)O.CC(=O)O.CCCCCCCCC=CCCCCCCCCOC[C@H](O)CO. The lowest BCUT2D eigenvalue weighted by atomic mass is 10.1. The predicted octanol–water partition coefficient (Wildman–Crippen LogP) is 5.58. The summed E-state index contributed by atoms with van der Waals surface area (Å²) in [6, 6.07) is 0. The van der Waals surface area contributed by atoms with Gasteiger partial charge in [-0.05, 0) is 32.1 Å². The molecule has 0 aliphatic carbocycles. The van der Waals surface area contributed by atoms with Gasteiger partial charge in [-0.3, -0.25) is 9.59 Å². The fourth-order valence-corrected chi connectivity index (χ4v) is 2.72. The minimum Gasteiger partial charge on any atom is -0.481 e. The molecule has 0 aromatic heterocycles. The van der Waals surface area contributed by atoms with Crippen LogP contribution in [0.2, 0.25) is 0 Å². The lowest BCUT2D eigenvalue weighted by Gasteiger charge is -2.07. The van der Waals surface area contributed by atoms with Crippen LogP contribution in [0.5, 0.6) is 0 Å². The Hall–Kier alpha value is -1.44. The smallest absolute Gasteiger partial charge is 0.300 e. The van der Waals surface area contributed by atoms with Gasteiger partial charge in [0.25, 0.3) is 11.9 Å². The van der Waals surface area contributed by atoms with Crippen LogP contribution in [0, 0.1) is 0 Å². The van der Waals surface area contributed by atoms with E-state index in [1.54, 1.807) is 0 Å². The van der Waals surface area contributed by atoms with E-state index in [0.717, 1.165) is 20.3 Å². The van der Waals surface area contributed by atoms with E-state index in [1.807, 2.05) is 0 Å². The highest BCUT2D eigenvalue weighted by atomic mass is 16.5. The van der Waals surface area contributed by atoms with E-state index in [2.05, 4.69) is 19.1 Å². The van der Waals surface area contributed by atoms with Gasteiger partial charge in [-0.25, -0.2) is 0 Å². The average Bonchev–Trinajstić information content (AvgIpc) is 2.72. The summed E-state index contributed by atoms with van der Waals surface area (Å²) in [7, 11) is 0. The number of carbonyl (C=O) groups is 2. The van der Waals surface area contributed by atoms with E-state index in [1.165, 1.54) is 83.5 Å². The van der Waals surface area contributed by atoms with Crippen LogP contribution in [-0.2, 0) is 14.3 Å². The summed E-state index contributed by atoms with van der Waals surface area (Å²) in [5.41, 5.74) is 0. The van der Waals surface area contributed by atoms with Gasteiger partial charge in [0, 0.05) is 20.5 Å². The van der Waals surface area contributed by atoms with Gasteiger partial charge >= 0.3 is 0 Å². The molecule has 0 aliphatic rings. The topological polar surface area (TPSA) is 124 Å². The Morgan fingerprint density at radius 3 is 1.53 bits per heavy atom. The Labute approximate surface area is 195 Å². The maximum Gasteiger partial charge on any atom is 0.300 e. The molecule has 0 heterocycles. The van der Waals surface area contributed by atoms with Crippen molar-refractivity contribution in [3.8, 4) is 0 Å². The van der Waals surface area contributed by atoms with Gasteiger partial charge in [-0.15, -0.1) is 0 Å². The van der Waals surface area contributed by atoms with E-state index >= 15 is 0 Å². The summed E-state index contributed by atoms with van der Waals surface area (Å²) in [4.78, 5) is 18.0. The molecule has 0 aromatic carbocycles. The lowest BCUT2D eigenvalue weighted by molar-refractivity contribution is -0.135. The van der Waals surface area contributed by atoms with Crippen molar-refractivity contribution in [2.75, 3.05) is 19.8 Å². The van der Waals surface area contributed by atoms with Gasteiger partial charge in [0.05, 0.1) is 13.2 Å². The van der Waals surface area contributed by atoms with Crippen molar-refractivity contribution in [3.05, 3.63) is 12.2 Å². The second-order valence-electron chi connectivity index (χ2n) is 7.89. The van der Waals surface area contributed by atoms with Crippen molar-refractivity contribution in [2.45, 2.75) is 117 Å². The molecule has 0 radical (unpaired) electrons. The van der Waals surface area contributed by atoms with Crippen molar-refractivity contribution in [1.29, 1.82) is 0 Å². The molecular formula is C25H50O7. The third-order valence-electron chi connectivity index (χ3n) is 4.32. The van der Waals surface area contributed by atoms with Crippen molar-refractivity contribution in [1.82, 2.24) is 0 Å².